The summed E-state index contributed by atoms with van der Waals surface area (Å²) in [7, 11) is 0. The third kappa shape index (κ3) is 3.21. The van der Waals surface area contributed by atoms with Crippen molar-refractivity contribution in [2.75, 3.05) is 6.61 Å². The van der Waals surface area contributed by atoms with Gasteiger partial charge in [-0.2, -0.15) is 0 Å². The Hall–Kier alpha value is -0.790. The Balaban J connectivity index is 4.22. The van der Waals surface area contributed by atoms with Crippen LogP contribution < -0.4 is 0 Å². The summed E-state index contributed by atoms with van der Waals surface area (Å²) in [6.07, 6.45) is 0.907. The zero-order chi connectivity index (χ0) is 8.85. The van der Waals surface area contributed by atoms with Crippen LogP contribution in [0, 0.1) is 0 Å². The van der Waals surface area contributed by atoms with Crippen LogP contribution in [0.25, 0.3) is 0 Å². The first-order valence-corrected chi connectivity index (χ1v) is 3.96. The second-order valence-electron chi connectivity index (χ2n) is 2.48. The average Bonchev–Trinajstić information content (AvgIpc) is 2.02. The van der Waals surface area contributed by atoms with Gasteiger partial charge in [0.25, 0.3) is 0 Å². The molecule has 2 nitrogen and oxygen atoms in total. The lowest BCUT2D eigenvalue weighted by Crippen LogP contribution is -2.06. The Morgan fingerprint density at radius 3 is 2.18 bits per heavy atom. The van der Waals surface area contributed by atoms with E-state index in [1.54, 1.807) is 6.92 Å². The monoisotopic (exact) mass is 156 g/mol. The number of hydrogen-bond donors (Lipinski definition) is 0. The van der Waals surface area contributed by atoms with Crippen molar-refractivity contribution in [1.29, 1.82) is 0 Å². The van der Waals surface area contributed by atoms with Crippen LogP contribution in [0.1, 0.15) is 34.1 Å². The molecule has 0 saturated heterocycles. The van der Waals surface area contributed by atoms with Gasteiger partial charge in [0, 0.05) is 5.57 Å². The summed E-state index contributed by atoms with van der Waals surface area (Å²) in [5, 5.41) is 0. The third-order valence-electron chi connectivity index (χ3n) is 1.75. The lowest BCUT2D eigenvalue weighted by Gasteiger charge is -2.04. The van der Waals surface area contributed by atoms with Crippen LogP contribution in [0.3, 0.4) is 0 Å². The summed E-state index contributed by atoms with van der Waals surface area (Å²) < 4.78 is 4.83. The van der Waals surface area contributed by atoms with Crippen molar-refractivity contribution in [3.8, 4) is 0 Å². The molecular weight excluding hydrogens is 140 g/mol. The molecule has 11 heavy (non-hydrogen) atoms. The highest BCUT2D eigenvalue weighted by Crippen LogP contribution is 2.08. The molecule has 0 bridgehead atoms. The van der Waals surface area contributed by atoms with E-state index >= 15 is 0 Å². The highest BCUT2D eigenvalue weighted by atomic mass is 16.5. The first-order valence-electron chi connectivity index (χ1n) is 3.96. The third-order valence-corrected chi connectivity index (χ3v) is 1.75. The van der Waals surface area contributed by atoms with Gasteiger partial charge in [-0.3, -0.25) is 0 Å². The quantitative estimate of drug-likeness (QED) is 0.463. The molecule has 0 rings (SSSR count). The number of rotatable bonds is 3. The molecule has 0 radical (unpaired) electrons. The normalized spacial score (nSPS) is 12.4. The number of esters is 1. The van der Waals surface area contributed by atoms with Crippen molar-refractivity contribution >= 4 is 5.97 Å². The molecule has 0 unspecified atom stereocenters. The predicted molar refractivity (Wildman–Crippen MR) is 45.3 cm³/mol. The van der Waals surface area contributed by atoms with Gasteiger partial charge < -0.3 is 4.74 Å². The zero-order valence-electron chi connectivity index (χ0n) is 7.73. The molecule has 0 aromatic carbocycles. The molecule has 0 saturated carbocycles. The van der Waals surface area contributed by atoms with Crippen molar-refractivity contribution in [2.24, 2.45) is 0 Å². The van der Waals surface area contributed by atoms with Crippen LogP contribution in [0.5, 0.6) is 0 Å². The summed E-state index contributed by atoms with van der Waals surface area (Å²) in [5.74, 6) is -0.188. The zero-order valence-corrected chi connectivity index (χ0v) is 7.73. The largest absolute Gasteiger partial charge is 0.463 e. The highest BCUT2D eigenvalue weighted by Gasteiger charge is 2.06. The molecule has 0 aromatic rings. The van der Waals surface area contributed by atoms with Crippen LogP contribution in [0.15, 0.2) is 11.1 Å². The Morgan fingerprint density at radius 2 is 1.82 bits per heavy atom. The summed E-state index contributed by atoms with van der Waals surface area (Å²) in [6.45, 7) is 8.04. The maximum Gasteiger partial charge on any atom is 0.333 e. The van der Waals surface area contributed by atoms with E-state index in [0.29, 0.717) is 6.61 Å². The molecule has 0 atom stereocenters. The van der Waals surface area contributed by atoms with Gasteiger partial charge in [0.05, 0.1) is 6.61 Å². The lowest BCUT2D eigenvalue weighted by molar-refractivity contribution is -0.138. The van der Waals surface area contributed by atoms with Gasteiger partial charge in [-0.25, -0.2) is 4.79 Å². The van der Waals surface area contributed by atoms with E-state index in [9.17, 15) is 4.79 Å². The number of carbonyl (C=O) groups is 1. The highest BCUT2D eigenvalue weighted by molar-refractivity contribution is 5.88. The Bertz CT molecular complexity index is 168. The Kier molecular flexibility index (Phi) is 4.59. The van der Waals surface area contributed by atoms with E-state index in [2.05, 4.69) is 0 Å². The van der Waals surface area contributed by atoms with Crippen molar-refractivity contribution in [1.82, 2.24) is 0 Å². The molecule has 64 valence electrons. The van der Waals surface area contributed by atoms with E-state index < -0.39 is 0 Å². The molecule has 0 N–H and O–H groups in total. The molecule has 0 spiro atoms. The van der Waals surface area contributed by atoms with E-state index in [0.717, 1.165) is 17.6 Å². The van der Waals surface area contributed by atoms with Gasteiger partial charge in [0.2, 0.25) is 0 Å². The first kappa shape index (κ1) is 10.2. The van der Waals surface area contributed by atoms with Gasteiger partial charge in [0.15, 0.2) is 0 Å². The second-order valence-corrected chi connectivity index (χ2v) is 2.48. The van der Waals surface area contributed by atoms with Crippen LogP contribution >= 0.6 is 0 Å². The van der Waals surface area contributed by atoms with Crippen molar-refractivity contribution in [3.05, 3.63) is 11.1 Å². The molecule has 0 amide bonds. The first-order chi connectivity index (χ1) is 5.13. The number of allylic oxidation sites excluding steroid dienone is 1. The summed E-state index contributed by atoms with van der Waals surface area (Å²) >= 11 is 0. The average molecular weight is 156 g/mol. The van der Waals surface area contributed by atoms with E-state index in [1.165, 1.54) is 0 Å². The smallest absolute Gasteiger partial charge is 0.333 e. The minimum atomic E-state index is -0.188. The molecule has 0 aromatic heterocycles. The topological polar surface area (TPSA) is 26.3 Å². The van der Waals surface area contributed by atoms with Crippen LogP contribution in [-0.4, -0.2) is 12.6 Å². The van der Waals surface area contributed by atoms with Gasteiger partial charge in [-0.15, -0.1) is 0 Å². The van der Waals surface area contributed by atoms with Gasteiger partial charge >= 0.3 is 5.97 Å². The van der Waals surface area contributed by atoms with E-state index in [1.807, 2.05) is 20.8 Å². The molecule has 0 aliphatic heterocycles. The minimum Gasteiger partial charge on any atom is -0.463 e. The van der Waals surface area contributed by atoms with Crippen molar-refractivity contribution in [2.45, 2.75) is 34.1 Å². The fraction of sp³-hybridized carbons (Fsp3) is 0.667. The summed E-state index contributed by atoms with van der Waals surface area (Å²) in [4.78, 5) is 11.1. The Labute approximate surface area is 68.2 Å². The number of ether oxygens (including phenoxy) is 1. The maximum atomic E-state index is 11.1. The summed E-state index contributed by atoms with van der Waals surface area (Å²) in [5.41, 5.74) is 1.85. The molecule has 0 aliphatic carbocycles. The molecule has 0 fully saturated rings. The van der Waals surface area contributed by atoms with Crippen molar-refractivity contribution in [3.63, 3.8) is 0 Å². The fourth-order valence-corrected chi connectivity index (χ4v) is 0.679. The van der Waals surface area contributed by atoms with Gasteiger partial charge in [-0.1, -0.05) is 12.5 Å². The van der Waals surface area contributed by atoms with Crippen LogP contribution in [0.2, 0.25) is 0 Å². The SMILES string of the molecule is CCOC(=O)C(C)=C(C)CC. The maximum absolute atomic E-state index is 11.1. The number of carbonyl (C=O) groups excluding carboxylic acids is 1. The fourth-order valence-electron chi connectivity index (χ4n) is 0.679. The van der Waals surface area contributed by atoms with Crippen LogP contribution in [0.4, 0.5) is 0 Å². The van der Waals surface area contributed by atoms with E-state index in [-0.39, 0.29) is 5.97 Å². The molecule has 2 heteroatoms. The number of hydrogen-bond acceptors (Lipinski definition) is 2. The minimum absolute atomic E-state index is 0.188. The second kappa shape index (κ2) is 4.94. The van der Waals surface area contributed by atoms with Crippen molar-refractivity contribution < 1.29 is 9.53 Å². The standard InChI is InChI=1S/C9H16O2/c1-5-7(3)8(4)9(10)11-6-2/h5-6H2,1-4H3. The molecule has 0 aliphatic rings. The Morgan fingerprint density at radius 1 is 1.27 bits per heavy atom. The van der Waals surface area contributed by atoms with Gasteiger partial charge in [-0.05, 0) is 27.2 Å². The van der Waals surface area contributed by atoms with Gasteiger partial charge in [0.1, 0.15) is 0 Å². The molecule has 0 heterocycles. The van der Waals surface area contributed by atoms with E-state index in [4.69, 9.17) is 4.74 Å². The van der Waals surface area contributed by atoms with Crippen LogP contribution in [-0.2, 0) is 9.53 Å². The predicted octanol–water partition coefficient (Wildman–Crippen LogP) is 2.30. The lowest BCUT2D eigenvalue weighted by atomic mass is 10.1. The molecular formula is C9H16O2. The summed E-state index contributed by atoms with van der Waals surface area (Å²) in [6, 6.07) is 0.